The fraction of sp³-hybridized carbons (Fsp3) is 0.455. The first kappa shape index (κ1) is 10.5. The minimum Gasteiger partial charge on any atom is -0.369 e. The van der Waals surface area contributed by atoms with Crippen molar-refractivity contribution in [3.63, 3.8) is 0 Å². The van der Waals surface area contributed by atoms with Crippen LogP contribution in [0.3, 0.4) is 0 Å². The molecule has 1 fully saturated rings. The van der Waals surface area contributed by atoms with Gasteiger partial charge in [0.1, 0.15) is 18.1 Å². The molecule has 1 aromatic carbocycles. The SMILES string of the molecule is Fc1ccc(COC2CNCC2F)cc1. The lowest BCUT2D eigenvalue weighted by Gasteiger charge is -2.12. The summed E-state index contributed by atoms with van der Waals surface area (Å²) in [5.74, 6) is -0.273. The molecular weight excluding hydrogens is 200 g/mol. The van der Waals surface area contributed by atoms with Crippen molar-refractivity contribution in [1.82, 2.24) is 5.32 Å². The molecule has 82 valence electrons. The topological polar surface area (TPSA) is 21.3 Å². The summed E-state index contributed by atoms with van der Waals surface area (Å²) >= 11 is 0. The number of alkyl halides is 1. The van der Waals surface area contributed by atoms with Crippen LogP contribution in [0.15, 0.2) is 24.3 Å². The maximum atomic E-state index is 13.1. The average Bonchev–Trinajstić information content (AvgIpc) is 2.63. The molecule has 1 aromatic rings. The Morgan fingerprint density at radius 3 is 2.60 bits per heavy atom. The number of nitrogens with one attached hydrogen (secondary N) is 1. The number of hydrogen-bond donors (Lipinski definition) is 1. The van der Waals surface area contributed by atoms with Crippen LogP contribution in [0.25, 0.3) is 0 Å². The van der Waals surface area contributed by atoms with Gasteiger partial charge in [0.15, 0.2) is 0 Å². The fourth-order valence-electron chi connectivity index (χ4n) is 1.57. The number of rotatable bonds is 3. The van der Waals surface area contributed by atoms with E-state index in [-0.39, 0.29) is 11.9 Å². The van der Waals surface area contributed by atoms with Crippen LogP contribution in [-0.2, 0) is 11.3 Å². The second kappa shape index (κ2) is 4.68. The van der Waals surface area contributed by atoms with E-state index >= 15 is 0 Å². The quantitative estimate of drug-likeness (QED) is 0.824. The summed E-state index contributed by atoms with van der Waals surface area (Å²) < 4.78 is 31.1. The van der Waals surface area contributed by atoms with E-state index in [0.29, 0.717) is 19.7 Å². The number of benzene rings is 1. The Morgan fingerprint density at radius 2 is 2.00 bits per heavy atom. The fourth-order valence-corrected chi connectivity index (χ4v) is 1.57. The second-order valence-electron chi connectivity index (χ2n) is 3.65. The van der Waals surface area contributed by atoms with Crippen molar-refractivity contribution in [2.75, 3.05) is 13.1 Å². The Bertz CT molecular complexity index is 315. The molecule has 2 rings (SSSR count). The van der Waals surface area contributed by atoms with E-state index in [9.17, 15) is 8.78 Å². The number of halogens is 2. The third-order valence-corrected chi connectivity index (χ3v) is 2.47. The summed E-state index contributed by atoms with van der Waals surface area (Å²) in [7, 11) is 0. The van der Waals surface area contributed by atoms with Crippen LogP contribution in [-0.4, -0.2) is 25.4 Å². The van der Waals surface area contributed by atoms with Crippen LogP contribution < -0.4 is 5.32 Å². The standard InChI is InChI=1S/C11H13F2NO/c12-9-3-1-8(2-4-9)7-15-11-6-14-5-10(11)13/h1-4,10-11,14H,5-7H2. The normalized spacial score (nSPS) is 25.7. The van der Waals surface area contributed by atoms with Crippen LogP contribution in [0.5, 0.6) is 0 Å². The van der Waals surface area contributed by atoms with Gasteiger partial charge in [-0.15, -0.1) is 0 Å². The van der Waals surface area contributed by atoms with Gasteiger partial charge in [-0.2, -0.15) is 0 Å². The molecule has 1 aliphatic heterocycles. The highest BCUT2D eigenvalue weighted by Gasteiger charge is 2.27. The van der Waals surface area contributed by atoms with E-state index in [0.717, 1.165) is 5.56 Å². The highest BCUT2D eigenvalue weighted by Crippen LogP contribution is 2.12. The molecule has 0 aliphatic carbocycles. The van der Waals surface area contributed by atoms with Crippen molar-refractivity contribution in [3.8, 4) is 0 Å². The van der Waals surface area contributed by atoms with Gasteiger partial charge in [-0.3, -0.25) is 0 Å². The van der Waals surface area contributed by atoms with E-state index in [1.807, 2.05) is 0 Å². The van der Waals surface area contributed by atoms with E-state index in [4.69, 9.17) is 4.74 Å². The molecule has 0 radical (unpaired) electrons. The molecule has 1 heterocycles. The Kier molecular flexibility index (Phi) is 3.28. The molecule has 2 nitrogen and oxygen atoms in total. The lowest BCUT2D eigenvalue weighted by molar-refractivity contribution is 0.0139. The number of ether oxygens (including phenoxy) is 1. The van der Waals surface area contributed by atoms with Gasteiger partial charge in [0.05, 0.1) is 6.61 Å². The molecule has 0 bridgehead atoms. The van der Waals surface area contributed by atoms with Gasteiger partial charge in [0, 0.05) is 13.1 Å². The molecule has 15 heavy (non-hydrogen) atoms. The predicted molar refractivity (Wildman–Crippen MR) is 52.7 cm³/mol. The summed E-state index contributed by atoms with van der Waals surface area (Å²) in [5.41, 5.74) is 0.857. The van der Waals surface area contributed by atoms with Gasteiger partial charge in [-0.1, -0.05) is 12.1 Å². The Hall–Kier alpha value is -1.00. The molecule has 0 saturated carbocycles. The highest BCUT2D eigenvalue weighted by molar-refractivity contribution is 5.15. The molecule has 1 N–H and O–H groups in total. The van der Waals surface area contributed by atoms with Gasteiger partial charge in [0.2, 0.25) is 0 Å². The third kappa shape index (κ3) is 2.73. The summed E-state index contributed by atoms with van der Waals surface area (Å²) in [5, 5.41) is 2.91. The van der Waals surface area contributed by atoms with Crippen LogP contribution in [0.1, 0.15) is 5.56 Å². The minimum absolute atomic E-state index is 0.273. The summed E-state index contributed by atoms with van der Waals surface area (Å²) in [6.07, 6.45) is -1.32. The monoisotopic (exact) mass is 213 g/mol. The highest BCUT2D eigenvalue weighted by atomic mass is 19.1. The first-order valence-corrected chi connectivity index (χ1v) is 4.96. The van der Waals surface area contributed by atoms with Crippen molar-refractivity contribution in [2.45, 2.75) is 18.9 Å². The summed E-state index contributed by atoms with van der Waals surface area (Å²) in [6.45, 7) is 1.23. The van der Waals surface area contributed by atoms with Crippen molar-refractivity contribution in [3.05, 3.63) is 35.6 Å². The van der Waals surface area contributed by atoms with E-state index in [1.54, 1.807) is 12.1 Å². The molecule has 0 spiro atoms. The second-order valence-corrected chi connectivity index (χ2v) is 3.65. The van der Waals surface area contributed by atoms with Crippen LogP contribution in [0.2, 0.25) is 0 Å². The minimum atomic E-state index is -0.939. The zero-order valence-electron chi connectivity index (χ0n) is 8.25. The first-order valence-electron chi connectivity index (χ1n) is 4.96. The largest absolute Gasteiger partial charge is 0.369 e. The van der Waals surface area contributed by atoms with E-state index < -0.39 is 6.17 Å². The van der Waals surface area contributed by atoms with Crippen molar-refractivity contribution >= 4 is 0 Å². The van der Waals surface area contributed by atoms with Crippen LogP contribution in [0.4, 0.5) is 8.78 Å². The predicted octanol–water partition coefficient (Wildman–Crippen LogP) is 1.65. The average molecular weight is 213 g/mol. The zero-order chi connectivity index (χ0) is 10.7. The summed E-state index contributed by atoms with van der Waals surface area (Å²) in [4.78, 5) is 0. The number of hydrogen-bond acceptors (Lipinski definition) is 2. The van der Waals surface area contributed by atoms with Gasteiger partial charge in [-0.25, -0.2) is 8.78 Å². The molecule has 2 unspecified atom stereocenters. The Morgan fingerprint density at radius 1 is 1.27 bits per heavy atom. The van der Waals surface area contributed by atoms with E-state index in [2.05, 4.69) is 5.32 Å². The lowest BCUT2D eigenvalue weighted by atomic mass is 10.2. The maximum Gasteiger partial charge on any atom is 0.140 e. The van der Waals surface area contributed by atoms with Crippen molar-refractivity contribution < 1.29 is 13.5 Å². The summed E-state index contributed by atoms with van der Waals surface area (Å²) in [6, 6.07) is 6.03. The van der Waals surface area contributed by atoms with Crippen molar-refractivity contribution in [2.24, 2.45) is 0 Å². The maximum absolute atomic E-state index is 13.1. The zero-order valence-corrected chi connectivity index (χ0v) is 8.25. The Balaban J connectivity index is 1.85. The van der Waals surface area contributed by atoms with Gasteiger partial charge in [0.25, 0.3) is 0 Å². The van der Waals surface area contributed by atoms with Gasteiger partial charge < -0.3 is 10.1 Å². The molecular formula is C11H13F2NO. The molecule has 1 saturated heterocycles. The van der Waals surface area contributed by atoms with Crippen molar-refractivity contribution in [1.29, 1.82) is 0 Å². The molecule has 1 aliphatic rings. The third-order valence-electron chi connectivity index (χ3n) is 2.47. The van der Waals surface area contributed by atoms with Gasteiger partial charge in [-0.05, 0) is 17.7 Å². The molecule has 0 aromatic heterocycles. The first-order chi connectivity index (χ1) is 7.25. The molecule has 2 atom stereocenters. The smallest absolute Gasteiger partial charge is 0.140 e. The van der Waals surface area contributed by atoms with E-state index in [1.165, 1.54) is 12.1 Å². The molecule has 4 heteroatoms. The molecule has 0 amide bonds. The Labute approximate surface area is 87.2 Å². The lowest BCUT2D eigenvalue weighted by Crippen LogP contribution is -2.23. The van der Waals surface area contributed by atoms with Crippen LogP contribution in [0, 0.1) is 5.82 Å². The van der Waals surface area contributed by atoms with Gasteiger partial charge >= 0.3 is 0 Å². The van der Waals surface area contributed by atoms with Crippen LogP contribution >= 0.6 is 0 Å².